The van der Waals surface area contributed by atoms with Gasteiger partial charge < -0.3 is 5.73 Å². The van der Waals surface area contributed by atoms with Gasteiger partial charge in [-0.05, 0) is 31.1 Å². The molecule has 0 bridgehead atoms. The number of fused-ring (bicyclic) bond motifs is 1. The van der Waals surface area contributed by atoms with Crippen LogP contribution in [0.3, 0.4) is 0 Å². The summed E-state index contributed by atoms with van der Waals surface area (Å²) >= 11 is 1.68. The van der Waals surface area contributed by atoms with Gasteiger partial charge in [-0.2, -0.15) is 0 Å². The van der Waals surface area contributed by atoms with Crippen molar-refractivity contribution in [1.29, 1.82) is 0 Å². The van der Waals surface area contributed by atoms with E-state index in [1.54, 1.807) is 11.3 Å². The average molecular weight is 233 g/mol. The van der Waals surface area contributed by atoms with E-state index < -0.39 is 0 Å². The summed E-state index contributed by atoms with van der Waals surface area (Å²) in [7, 11) is 0. The molecule has 1 aromatic rings. The fourth-order valence-corrected chi connectivity index (χ4v) is 2.96. The van der Waals surface area contributed by atoms with Gasteiger partial charge >= 0.3 is 0 Å². The number of anilines is 1. The van der Waals surface area contributed by atoms with Gasteiger partial charge in [-0.25, -0.2) is 4.98 Å². The average Bonchev–Trinajstić information content (AvgIpc) is 2.42. The smallest absolute Gasteiger partial charge is 0.180 e. The minimum Gasteiger partial charge on any atom is -0.375 e. The van der Waals surface area contributed by atoms with E-state index in [1.165, 1.54) is 23.4 Å². The van der Waals surface area contributed by atoms with Crippen LogP contribution in [-0.4, -0.2) is 4.98 Å². The number of rotatable bonds is 1. The maximum absolute atomic E-state index is 5.69. The van der Waals surface area contributed by atoms with Crippen LogP contribution >= 0.6 is 23.7 Å². The van der Waals surface area contributed by atoms with E-state index in [4.69, 9.17) is 5.73 Å². The standard InChI is InChI=1S/C10H16N2S.ClH/c1-6(2)7-3-4-8-9(5-7)13-10(11)12-8;/h6-7H,3-5H2,1-2H3,(H2,11,12);1H. The van der Waals surface area contributed by atoms with Crippen LogP contribution in [0.4, 0.5) is 5.13 Å². The Hall–Kier alpha value is -0.280. The zero-order valence-corrected chi connectivity index (χ0v) is 10.3. The second kappa shape index (κ2) is 4.49. The Labute approximate surface area is 95.3 Å². The fourth-order valence-electron chi connectivity index (χ4n) is 1.99. The van der Waals surface area contributed by atoms with E-state index in [1.807, 2.05) is 0 Å². The van der Waals surface area contributed by atoms with Crippen LogP contribution in [0.5, 0.6) is 0 Å². The molecule has 14 heavy (non-hydrogen) atoms. The largest absolute Gasteiger partial charge is 0.375 e. The lowest BCUT2D eigenvalue weighted by atomic mass is 9.83. The van der Waals surface area contributed by atoms with Gasteiger partial charge in [0.1, 0.15) is 0 Å². The molecule has 2 N–H and O–H groups in total. The maximum atomic E-state index is 5.69. The zero-order valence-electron chi connectivity index (χ0n) is 8.62. The summed E-state index contributed by atoms with van der Waals surface area (Å²) in [6.07, 6.45) is 3.61. The summed E-state index contributed by atoms with van der Waals surface area (Å²) in [5.74, 6) is 1.63. The van der Waals surface area contributed by atoms with E-state index in [-0.39, 0.29) is 12.4 Å². The first-order valence-corrected chi connectivity index (χ1v) is 5.72. The number of aryl methyl sites for hydroxylation is 1. The molecule has 2 nitrogen and oxygen atoms in total. The lowest BCUT2D eigenvalue weighted by Crippen LogP contribution is -2.17. The van der Waals surface area contributed by atoms with Gasteiger partial charge in [-0.15, -0.1) is 23.7 Å². The van der Waals surface area contributed by atoms with Crippen molar-refractivity contribution in [3.05, 3.63) is 10.6 Å². The summed E-state index contributed by atoms with van der Waals surface area (Å²) in [6, 6.07) is 0. The third kappa shape index (κ3) is 2.20. The van der Waals surface area contributed by atoms with Crippen molar-refractivity contribution in [2.24, 2.45) is 11.8 Å². The van der Waals surface area contributed by atoms with Crippen molar-refractivity contribution in [1.82, 2.24) is 4.98 Å². The number of thiazole rings is 1. The number of aromatic nitrogens is 1. The van der Waals surface area contributed by atoms with Crippen LogP contribution in [0, 0.1) is 11.8 Å². The van der Waals surface area contributed by atoms with Crippen LogP contribution < -0.4 is 5.73 Å². The molecule has 0 fully saturated rings. The van der Waals surface area contributed by atoms with Crippen LogP contribution in [-0.2, 0) is 12.8 Å². The van der Waals surface area contributed by atoms with Crippen molar-refractivity contribution >= 4 is 28.9 Å². The molecule has 80 valence electrons. The fraction of sp³-hybridized carbons (Fsp3) is 0.700. The number of hydrogen-bond acceptors (Lipinski definition) is 3. The number of nitrogens with zero attached hydrogens (tertiary/aromatic N) is 1. The third-order valence-corrected chi connectivity index (χ3v) is 3.89. The lowest BCUT2D eigenvalue weighted by molar-refractivity contribution is 0.344. The Kier molecular flexibility index (Phi) is 3.78. The van der Waals surface area contributed by atoms with Gasteiger partial charge in [-0.1, -0.05) is 13.8 Å². The van der Waals surface area contributed by atoms with Crippen molar-refractivity contribution < 1.29 is 0 Å². The van der Waals surface area contributed by atoms with E-state index in [0.29, 0.717) is 0 Å². The quantitative estimate of drug-likeness (QED) is 0.809. The highest BCUT2D eigenvalue weighted by Gasteiger charge is 2.23. The van der Waals surface area contributed by atoms with Gasteiger partial charge in [0.2, 0.25) is 0 Å². The first-order valence-electron chi connectivity index (χ1n) is 4.91. The predicted octanol–water partition coefficient (Wildman–Crippen LogP) is 2.91. The first kappa shape index (κ1) is 11.8. The Morgan fingerprint density at radius 3 is 2.86 bits per heavy atom. The van der Waals surface area contributed by atoms with E-state index in [2.05, 4.69) is 18.8 Å². The van der Waals surface area contributed by atoms with Gasteiger partial charge in [0, 0.05) is 4.88 Å². The molecule has 0 radical (unpaired) electrons. The highest BCUT2D eigenvalue weighted by molar-refractivity contribution is 7.15. The molecule has 0 aliphatic heterocycles. The Morgan fingerprint density at radius 2 is 2.21 bits per heavy atom. The molecule has 1 unspecified atom stereocenters. The topological polar surface area (TPSA) is 38.9 Å². The summed E-state index contributed by atoms with van der Waals surface area (Å²) < 4.78 is 0. The van der Waals surface area contributed by atoms with Crippen molar-refractivity contribution in [2.45, 2.75) is 33.1 Å². The Balaban J connectivity index is 0.000000980. The normalized spacial score (nSPS) is 20.4. The molecule has 1 aliphatic rings. The molecule has 1 aliphatic carbocycles. The second-order valence-electron chi connectivity index (χ2n) is 4.17. The molecule has 0 saturated heterocycles. The van der Waals surface area contributed by atoms with Crippen LogP contribution in [0.15, 0.2) is 0 Å². The van der Waals surface area contributed by atoms with Crippen LogP contribution in [0.25, 0.3) is 0 Å². The van der Waals surface area contributed by atoms with Gasteiger partial charge in [-0.3, -0.25) is 0 Å². The number of nitrogens with two attached hydrogens (primary N) is 1. The van der Waals surface area contributed by atoms with Crippen LogP contribution in [0.2, 0.25) is 0 Å². The molecule has 1 aromatic heterocycles. The molecule has 4 heteroatoms. The Bertz CT molecular complexity index is 309. The van der Waals surface area contributed by atoms with E-state index >= 15 is 0 Å². The molecule has 2 rings (SSSR count). The molecule has 1 heterocycles. The summed E-state index contributed by atoms with van der Waals surface area (Å²) in [5, 5.41) is 0.745. The SMILES string of the molecule is CC(C)C1CCc2nc(N)sc2C1.Cl. The Morgan fingerprint density at radius 1 is 1.50 bits per heavy atom. The molecule has 1 atom stereocenters. The monoisotopic (exact) mass is 232 g/mol. The van der Waals surface area contributed by atoms with Crippen molar-refractivity contribution in [3.63, 3.8) is 0 Å². The number of hydrogen-bond donors (Lipinski definition) is 1. The molecular weight excluding hydrogens is 216 g/mol. The molecular formula is C10H17ClN2S. The molecule has 0 saturated carbocycles. The minimum absolute atomic E-state index is 0. The molecule has 0 amide bonds. The number of nitrogen functional groups attached to an aromatic ring is 1. The van der Waals surface area contributed by atoms with Crippen molar-refractivity contribution in [2.75, 3.05) is 5.73 Å². The first-order chi connectivity index (χ1) is 6.16. The lowest BCUT2D eigenvalue weighted by Gasteiger charge is -2.24. The number of halogens is 1. The molecule has 0 aromatic carbocycles. The highest BCUT2D eigenvalue weighted by Crippen LogP contribution is 2.33. The highest BCUT2D eigenvalue weighted by atomic mass is 35.5. The molecule has 0 spiro atoms. The summed E-state index contributed by atoms with van der Waals surface area (Å²) in [6.45, 7) is 4.61. The van der Waals surface area contributed by atoms with Gasteiger partial charge in [0.25, 0.3) is 0 Å². The van der Waals surface area contributed by atoms with Gasteiger partial charge in [0.05, 0.1) is 5.69 Å². The predicted molar refractivity (Wildman–Crippen MR) is 64.1 cm³/mol. The van der Waals surface area contributed by atoms with E-state index in [0.717, 1.165) is 23.4 Å². The third-order valence-electron chi connectivity index (χ3n) is 2.94. The van der Waals surface area contributed by atoms with Crippen LogP contribution in [0.1, 0.15) is 30.8 Å². The van der Waals surface area contributed by atoms with Crippen molar-refractivity contribution in [3.8, 4) is 0 Å². The van der Waals surface area contributed by atoms with Gasteiger partial charge in [0.15, 0.2) is 5.13 Å². The summed E-state index contributed by atoms with van der Waals surface area (Å²) in [4.78, 5) is 5.77. The zero-order chi connectivity index (χ0) is 9.42. The maximum Gasteiger partial charge on any atom is 0.180 e. The van der Waals surface area contributed by atoms with E-state index in [9.17, 15) is 0 Å². The summed E-state index contributed by atoms with van der Waals surface area (Å²) in [5.41, 5.74) is 6.95. The second-order valence-corrected chi connectivity index (χ2v) is 5.28. The minimum atomic E-state index is 0.